The molecule has 1 aromatic rings. The first kappa shape index (κ1) is 14.6. The lowest BCUT2D eigenvalue weighted by atomic mass is 10.2. The molecule has 0 aliphatic rings. The van der Waals surface area contributed by atoms with Gasteiger partial charge in [0.2, 0.25) is 5.95 Å². The molecule has 3 nitrogen and oxygen atoms in total. The fraction of sp³-hybridized carbons (Fsp3) is 0.455. The largest absolute Gasteiger partial charge is 0.591 e. The van der Waals surface area contributed by atoms with Crippen LogP contribution in [0.2, 0.25) is 0 Å². The zero-order valence-electron chi connectivity index (χ0n) is 9.91. The monoisotopic (exact) mass is 320 g/mol. The van der Waals surface area contributed by atoms with Crippen molar-refractivity contribution in [2.45, 2.75) is 31.9 Å². The van der Waals surface area contributed by atoms with E-state index in [0.717, 1.165) is 0 Å². The number of rotatable bonds is 3. The average Bonchev–Trinajstić information content (AvgIpc) is 2.21. The van der Waals surface area contributed by atoms with Gasteiger partial charge in [-0.05, 0) is 42.8 Å². The molecule has 1 aromatic heterocycles. The smallest absolute Gasteiger partial charge is 0.216 e. The first-order chi connectivity index (χ1) is 7.80. The van der Waals surface area contributed by atoms with Crippen LogP contribution in [0.4, 0.5) is 4.39 Å². The second-order valence-corrected chi connectivity index (χ2v) is 7.31. The van der Waals surface area contributed by atoms with Gasteiger partial charge in [0.25, 0.3) is 0 Å². The molecule has 0 aliphatic heterocycles. The topological polar surface area (TPSA) is 48.3 Å². The van der Waals surface area contributed by atoms with Crippen LogP contribution in [0.1, 0.15) is 26.3 Å². The Bertz CT molecular complexity index is 420. The molecule has 6 heteroatoms. The molecule has 0 bridgehead atoms. The molecule has 0 saturated heterocycles. The van der Waals surface area contributed by atoms with Crippen LogP contribution in [0, 0.1) is 5.95 Å². The molecule has 0 fully saturated rings. The summed E-state index contributed by atoms with van der Waals surface area (Å²) in [4.78, 5) is 3.57. The Morgan fingerprint density at radius 3 is 2.82 bits per heavy atom. The summed E-state index contributed by atoms with van der Waals surface area (Å²) in [5.74, 6) is -0.527. The van der Waals surface area contributed by atoms with Crippen LogP contribution in [-0.2, 0) is 17.8 Å². The summed E-state index contributed by atoms with van der Waals surface area (Å²) in [6.07, 6.45) is 3.14. The van der Waals surface area contributed by atoms with Crippen molar-refractivity contribution in [3.05, 3.63) is 28.2 Å². The maximum Gasteiger partial charge on any atom is 0.216 e. The Kier molecular flexibility index (Phi) is 5.09. The second-order valence-electron chi connectivity index (χ2n) is 4.46. The average molecular weight is 321 g/mol. The van der Waals surface area contributed by atoms with Crippen molar-refractivity contribution in [3.63, 3.8) is 0 Å². The quantitative estimate of drug-likeness (QED) is 0.488. The van der Waals surface area contributed by atoms with E-state index in [9.17, 15) is 8.94 Å². The third-order valence-electron chi connectivity index (χ3n) is 1.88. The molecule has 0 amide bonds. The first-order valence-electron chi connectivity index (χ1n) is 5.05. The highest BCUT2D eigenvalue weighted by Gasteiger charge is 2.25. The van der Waals surface area contributed by atoms with E-state index in [1.165, 1.54) is 12.4 Å². The summed E-state index contributed by atoms with van der Waals surface area (Å²) in [5, 5.41) is 0. The van der Waals surface area contributed by atoms with E-state index in [4.69, 9.17) is 0 Å². The Morgan fingerprint density at radius 2 is 2.24 bits per heavy atom. The summed E-state index contributed by atoms with van der Waals surface area (Å²) >= 11 is 1.91. The minimum Gasteiger partial charge on any atom is -0.591 e. The molecule has 0 aromatic carbocycles. The van der Waals surface area contributed by atoms with E-state index >= 15 is 0 Å². The van der Waals surface area contributed by atoms with Gasteiger partial charge in [0.05, 0.1) is 6.21 Å². The third-order valence-corrected chi connectivity index (χ3v) is 3.71. The number of hydrogen-bond donors (Lipinski definition) is 0. The molecule has 0 spiro atoms. The van der Waals surface area contributed by atoms with Gasteiger partial charge >= 0.3 is 0 Å². The van der Waals surface area contributed by atoms with Crippen molar-refractivity contribution in [2.75, 3.05) is 0 Å². The lowest BCUT2D eigenvalue weighted by Gasteiger charge is -2.17. The highest BCUT2D eigenvalue weighted by atomic mass is 79.9. The van der Waals surface area contributed by atoms with Gasteiger partial charge in [-0.1, -0.05) is 4.40 Å². The molecule has 1 atom stereocenters. The molecule has 1 heterocycles. The Balaban J connectivity index is 2.67. The van der Waals surface area contributed by atoms with E-state index in [0.29, 0.717) is 10.0 Å². The van der Waals surface area contributed by atoms with Crippen molar-refractivity contribution in [1.82, 2.24) is 4.98 Å². The van der Waals surface area contributed by atoms with Crippen molar-refractivity contribution >= 4 is 33.5 Å². The molecule has 17 heavy (non-hydrogen) atoms. The number of hydrogen-bond acceptors (Lipinski definition) is 3. The van der Waals surface area contributed by atoms with Crippen molar-refractivity contribution < 1.29 is 8.94 Å². The fourth-order valence-electron chi connectivity index (χ4n) is 0.969. The van der Waals surface area contributed by atoms with Crippen LogP contribution in [0.5, 0.6) is 0 Å². The highest BCUT2D eigenvalue weighted by Crippen LogP contribution is 2.17. The third kappa shape index (κ3) is 4.73. The van der Waals surface area contributed by atoms with Crippen molar-refractivity contribution in [2.24, 2.45) is 4.40 Å². The van der Waals surface area contributed by atoms with E-state index < -0.39 is 22.1 Å². The van der Waals surface area contributed by atoms with Gasteiger partial charge in [-0.25, -0.2) is 4.98 Å². The molecule has 0 radical (unpaired) electrons. The summed E-state index contributed by atoms with van der Waals surface area (Å²) in [6.45, 7) is 5.51. The van der Waals surface area contributed by atoms with Crippen molar-refractivity contribution in [1.29, 1.82) is 0 Å². The van der Waals surface area contributed by atoms with Crippen LogP contribution >= 0.6 is 15.9 Å². The summed E-state index contributed by atoms with van der Waals surface area (Å²) in [5.41, 5.74) is 0.425. The minimum atomic E-state index is -1.31. The van der Waals surface area contributed by atoms with Gasteiger partial charge in [0.15, 0.2) is 0 Å². The predicted molar refractivity (Wildman–Crippen MR) is 72.0 cm³/mol. The second kappa shape index (κ2) is 5.93. The molecule has 0 N–H and O–H groups in total. The predicted octanol–water partition coefficient (Wildman–Crippen LogP) is 3.06. The minimum absolute atomic E-state index is 0.278. The number of pyridine rings is 1. The molecule has 0 saturated carbocycles. The molecule has 0 aliphatic carbocycles. The van der Waals surface area contributed by atoms with Crippen LogP contribution in [-0.4, -0.2) is 20.5 Å². The van der Waals surface area contributed by atoms with Gasteiger partial charge in [-0.3, -0.25) is 0 Å². The molecular formula is C11H14BrFN2OS. The van der Waals surface area contributed by atoms with Gasteiger partial charge in [-0.2, -0.15) is 4.39 Å². The summed E-state index contributed by atoms with van der Waals surface area (Å²) in [7, 11) is 0. The van der Waals surface area contributed by atoms with E-state index in [-0.39, 0.29) is 6.42 Å². The zero-order chi connectivity index (χ0) is 13.1. The lowest BCUT2D eigenvalue weighted by molar-refractivity contribution is 0.561. The molecule has 1 rings (SSSR count). The standard InChI is InChI=1S/C11H14BrFN2OS/c1-11(2,3)17(16)15-5-4-8-6-9(12)7-14-10(8)13/h5-7H,4H2,1-3H3/b15-5+/t17-/m1/s1. The summed E-state index contributed by atoms with van der Waals surface area (Å²) < 4.78 is 29.1. The normalized spacial score (nSPS) is 14.2. The Morgan fingerprint density at radius 1 is 1.59 bits per heavy atom. The van der Waals surface area contributed by atoms with Crippen LogP contribution in [0.25, 0.3) is 0 Å². The maximum absolute atomic E-state index is 13.3. The Hall–Kier alpha value is -0.460. The van der Waals surface area contributed by atoms with E-state index in [1.807, 2.05) is 20.8 Å². The van der Waals surface area contributed by atoms with E-state index in [1.54, 1.807) is 6.07 Å². The highest BCUT2D eigenvalue weighted by molar-refractivity contribution is 9.10. The lowest BCUT2D eigenvalue weighted by Crippen LogP contribution is -2.25. The van der Waals surface area contributed by atoms with Crippen LogP contribution in [0.3, 0.4) is 0 Å². The van der Waals surface area contributed by atoms with Gasteiger partial charge in [0, 0.05) is 22.7 Å². The summed E-state index contributed by atoms with van der Waals surface area (Å²) in [6, 6.07) is 1.63. The van der Waals surface area contributed by atoms with Crippen LogP contribution in [0.15, 0.2) is 21.1 Å². The van der Waals surface area contributed by atoms with E-state index in [2.05, 4.69) is 25.3 Å². The van der Waals surface area contributed by atoms with Gasteiger partial charge in [0.1, 0.15) is 16.1 Å². The van der Waals surface area contributed by atoms with Gasteiger partial charge < -0.3 is 4.55 Å². The van der Waals surface area contributed by atoms with Crippen LogP contribution < -0.4 is 0 Å². The first-order valence-corrected chi connectivity index (χ1v) is 6.95. The fourth-order valence-corrected chi connectivity index (χ4v) is 1.87. The maximum atomic E-state index is 13.3. The zero-order valence-corrected chi connectivity index (χ0v) is 12.3. The molecule has 0 unspecified atom stereocenters. The van der Waals surface area contributed by atoms with Crippen molar-refractivity contribution in [3.8, 4) is 0 Å². The molecular weight excluding hydrogens is 307 g/mol. The Labute approximate surface area is 112 Å². The number of nitrogens with zero attached hydrogens (tertiary/aromatic N) is 2. The molecule has 94 valence electrons. The number of aromatic nitrogens is 1. The van der Waals surface area contributed by atoms with Gasteiger partial charge in [-0.15, -0.1) is 0 Å². The SMILES string of the molecule is CC(C)(C)[S@@+]([O-])/N=C/Cc1cc(Br)cnc1F. The number of halogens is 2.